The van der Waals surface area contributed by atoms with Gasteiger partial charge < -0.3 is 15.0 Å². The fourth-order valence-electron chi connectivity index (χ4n) is 6.16. The third kappa shape index (κ3) is 8.76. The maximum Gasteiger partial charge on any atom is 0.264 e. The molecule has 8 nitrogen and oxygen atoms in total. The molecule has 1 aliphatic carbocycles. The molecule has 0 aliphatic heterocycles. The summed E-state index contributed by atoms with van der Waals surface area (Å²) in [5.41, 5.74) is 2.68. The molecule has 10 heteroatoms. The molecule has 5 rings (SSSR count). The van der Waals surface area contributed by atoms with Crippen LogP contribution in [0.4, 0.5) is 5.69 Å². The zero-order valence-electron chi connectivity index (χ0n) is 27.3. The second-order valence-corrected chi connectivity index (χ2v) is 14.5. The highest BCUT2D eigenvalue weighted by Crippen LogP contribution is 2.29. The first-order chi connectivity index (χ1) is 23.2. The van der Waals surface area contributed by atoms with E-state index in [-0.39, 0.29) is 29.8 Å². The molecule has 0 bridgehead atoms. The number of hydrogen-bond acceptors (Lipinski definition) is 5. The van der Waals surface area contributed by atoms with E-state index in [2.05, 4.69) is 5.32 Å². The number of anilines is 1. The molecule has 1 atom stereocenters. The summed E-state index contributed by atoms with van der Waals surface area (Å²) in [6.45, 7) is 1.34. The number of carbonyl (C=O) groups excluding carboxylic acids is 2. The Labute approximate surface area is 288 Å². The lowest BCUT2D eigenvalue weighted by atomic mass is 9.94. The molecule has 0 aromatic heterocycles. The molecule has 0 heterocycles. The molecule has 2 amide bonds. The van der Waals surface area contributed by atoms with Crippen molar-refractivity contribution in [1.82, 2.24) is 10.2 Å². The number of ether oxygens (including phenoxy) is 1. The first-order valence-electron chi connectivity index (χ1n) is 16.3. The van der Waals surface area contributed by atoms with E-state index in [1.165, 1.54) is 29.2 Å². The van der Waals surface area contributed by atoms with Gasteiger partial charge in [-0.3, -0.25) is 13.9 Å². The maximum atomic E-state index is 14.7. The van der Waals surface area contributed by atoms with Crippen LogP contribution in [0.2, 0.25) is 5.02 Å². The Morgan fingerprint density at radius 3 is 2.23 bits per heavy atom. The molecule has 4 aromatic carbocycles. The lowest BCUT2D eigenvalue weighted by Gasteiger charge is -2.35. The van der Waals surface area contributed by atoms with Crippen LogP contribution in [0.15, 0.2) is 108 Å². The van der Waals surface area contributed by atoms with Crippen LogP contribution in [0.3, 0.4) is 0 Å². The van der Waals surface area contributed by atoms with Crippen molar-refractivity contribution in [1.29, 1.82) is 0 Å². The van der Waals surface area contributed by atoms with Gasteiger partial charge >= 0.3 is 0 Å². The number of rotatable bonds is 13. The van der Waals surface area contributed by atoms with E-state index in [9.17, 15) is 18.0 Å². The van der Waals surface area contributed by atoms with Crippen LogP contribution < -0.4 is 14.4 Å². The molecule has 0 spiro atoms. The van der Waals surface area contributed by atoms with Gasteiger partial charge in [-0.15, -0.1) is 0 Å². The quantitative estimate of drug-likeness (QED) is 0.164. The lowest BCUT2D eigenvalue weighted by molar-refractivity contribution is -0.140. The monoisotopic (exact) mass is 687 g/mol. The molecular formula is C38H42ClN3O5S. The van der Waals surface area contributed by atoms with Crippen molar-refractivity contribution < 1.29 is 22.7 Å². The van der Waals surface area contributed by atoms with E-state index >= 15 is 0 Å². The molecule has 0 unspecified atom stereocenters. The Morgan fingerprint density at radius 1 is 0.875 bits per heavy atom. The number of amides is 2. The Morgan fingerprint density at radius 2 is 1.54 bits per heavy atom. The van der Waals surface area contributed by atoms with E-state index in [0.29, 0.717) is 22.0 Å². The number of nitrogens with one attached hydrogen (secondary N) is 1. The first kappa shape index (κ1) is 35.0. The minimum atomic E-state index is -4.23. The molecular weight excluding hydrogens is 646 g/mol. The summed E-state index contributed by atoms with van der Waals surface area (Å²) < 4.78 is 35.1. The fourth-order valence-corrected chi connectivity index (χ4v) is 7.76. The zero-order valence-corrected chi connectivity index (χ0v) is 28.9. The summed E-state index contributed by atoms with van der Waals surface area (Å²) in [6, 6.07) is 28.9. The number of para-hydroxylation sites is 1. The molecule has 252 valence electrons. The van der Waals surface area contributed by atoms with Gasteiger partial charge in [-0.2, -0.15) is 0 Å². The van der Waals surface area contributed by atoms with Gasteiger partial charge in [0.25, 0.3) is 10.0 Å². The van der Waals surface area contributed by atoms with Crippen molar-refractivity contribution in [3.63, 3.8) is 0 Å². The Hall–Kier alpha value is -4.34. The van der Waals surface area contributed by atoms with Gasteiger partial charge in [0, 0.05) is 24.0 Å². The summed E-state index contributed by atoms with van der Waals surface area (Å²) in [4.78, 5) is 30.5. The van der Waals surface area contributed by atoms with Crippen molar-refractivity contribution in [3.05, 3.63) is 125 Å². The van der Waals surface area contributed by atoms with Gasteiger partial charge in [0.1, 0.15) is 18.3 Å². The molecule has 48 heavy (non-hydrogen) atoms. The molecule has 1 N–H and O–H groups in total. The van der Waals surface area contributed by atoms with E-state index in [4.69, 9.17) is 16.3 Å². The van der Waals surface area contributed by atoms with Gasteiger partial charge in [0.2, 0.25) is 11.8 Å². The summed E-state index contributed by atoms with van der Waals surface area (Å²) in [6.07, 6.45) is 5.23. The molecule has 0 radical (unpaired) electrons. The van der Waals surface area contributed by atoms with E-state index in [0.717, 1.165) is 47.5 Å². The molecule has 0 saturated heterocycles. The normalized spacial score (nSPS) is 14.1. The number of hydrogen-bond donors (Lipinski definition) is 1. The summed E-state index contributed by atoms with van der Waals surface area (Å²) in [5.74, 6) is -0.165. The van der Waals surface area contributed by atoms with Crippen molar-refractivity contribution >= 4 is 39.1 Å². The van der Waals surface area contributed by atoms with Crippen LogP contribution in [0.1, 0.15) is 48.8 Å². The van der Waals surface area contributed by atoms with E-state index in [1.807, 2.05) is 60.7 Å². The molecule has 1 saturated carbocycles. The molecule has 1 fully saturated rings. The number of aryl methyl sites for hydroxylation is 1. The number of carbonyl (C=O) groups is 2. The number of benzene rings is 4. The van der Waals surface area contributed by atoms with Crippen molar-refractivity contribution in [2.24, 2.45) is 0 Å². The van der Waals surface area contributed by atoms with E-state index in [1.54, 1.807) is 32.2 Å². The van der Waals surface area contributed by atoms with Crippen LogP contribution in [0.25, 0.3) is 0 Å². The highest BCUT2D eigenvalue weighted by Gasteiger charge is 2.36. The number of sulfonamides is 1. The number of methoxy groups -OCH3 is 1. The van der Waals surface area contributed by atoms with Gasteiger partial charge in [-0.05, 0) is 78.9 Å². The zero-order chi connectivity index (χ0) is 34.1. The molecule has 4 aromatic rings. The second kappa shape index (κ2) is 16.2. The van der Waals surface area contributed by atoms with Crippen LogP contribution >= 0.6 is 11.6 Å². The summed E-state index contributed by atoms with van der Waals surface area (Å²) >= 11 is 6.09. The number of nitrogens with zero attached hydrogens (tertiary/aromatic N) is 2. The average Bonchev–Trinajstić information content (AvgIpc) is 3.10. The fraction of sp³-hybridized carbons (Fsp3) is 0.316. The Kier molecular flexibility index (Phi) is 11.8. The van der Waals surface area contributed by atoms with Gasteiger partial charge in [0.15, 0.2) is 0 Å². The highest BCUT2D eigenvalue weighted by atomic mass is 35.5. The SMILES string of the molecule is COc1cccc(CN(C(=O)CN(c2ccccc2C)S(=O)(=O)c2ccc(Cl)cc2)[C@H](Cc2ccccc2)C(=O)NC2CCCCC2)c1. The van der Waals surface area contributed by atoms with Gasteiger partial charge in [-0.25, -0.2) is 8.42 Å². The predicted molar refractivity (Wildman–Crippen MR) is 190 cm³/mol. The van der Waals surface area contributed by atoms with Crippen molar-refractivity contribution in [3.8, 4) is 5.75 Å². The third-order valence-corrected chi connectivity index (χ3v) is 10.8. The minimum Gasteiger partial charge on any atom is -0.497 e. The van der Waals surface area contributed by atoms with Crippen molar-refractivity contribution in [2.75, 3.05) is 18.0 Å². The standard InChI is InChI=1S/C38H42ClN3O5S/c1-28-12-9-10-19-35(28)42(48(45,46)34-22-20-31(39)21-23-34)27-37(43)41(26-30-15-11-18-33(24-30)47-2)36(25-29-13-5-3-6-14-29)38(44)40-32-16-7-4-8-17-32/h3,5-6,9-15,18-24,32,36H,4,7-8,16-17,25-27H2,1-2H3,(H,40,44)/t36-/m1/s1. The van der Waals surface area contributed by atoms with Gasteiger partial charge in [-0.1, -0.05) is 91.5 Å². The first-order valence-corrected chi connectivity index (χ1v) is 18.1. The Bertz CT molecular complexity index is 1790. The van der Waals surface area contributed by atoms with Crippen LogP contribution in [0, 0.1) is 6.92 Å². The number of halogens is 1. The highest BCUT2D eigenvalue weighted by molar-refractivity contribution is 7.92. The summed E-state index contributed by atoms with van der Waals surface area (Å²) in [5, 5.41) is 3.63. The lowest BCUT2D eigenvalue weighted by Crippen LogP contribution is -2.55. The second-order valence-electron chi connectivity index (χ2n) is 12.2. The Balaban J connectivity index is 1.58. The maximum absolute atomic E-state index is 14.7. The minimum absolute atomic E-state index is 0.00169. The van der Waals surface area contributed by atoms with E-state index < -0.39 is 28.5 Å². The van der Waals surface area contributed by atoms with Gasteiger partial charge in [0.05, 0.1) is 17.7 Å². The third-order valence-electron chi connectivity index (χ3n) is 8.77. The predicted octanol–water partition coefficient (Wildman–Crippen LogP) is 6.94. The summed E-state index contributed by atoms with van der Waals surface area (Å²) in [7, 11) is -2.66. The van der Waals surface area contributed by atoms with Crippen LogP contribution in [-0.4, -0.2) is 50.9 Å². The molecule has 1 aliphatic rings. The topological polar surface area (TPSA) is 96.0 Å². The smallest absolute Gasteiger partial charge is 0.264 e. The average molecular weight is 688 g/mol. The van der Waals surface area contributed by atoms with Crippen LogP contribution in [0.5, 0.6) is 5.75 Å². The van der Waals surface area contributed by atoms with Crippen molar-refractivity contribution in [2.45, 2.75) is 69.0 Å². The largest absolute Gasteiger partial charge is 0.497 e. The van der Waals surface area contributed by atoms with Crippen LogP contribution in [-0.2, 0) is 32.6 Å².